The Balaban J connectivity index is 2.29. The second-order valence-corrected chi connectivity index (χ2v) is 5.37. The van der Waals surface area contributed by atoms with Gasteiger partial charge in [0.15, 0.2) is 0 Å². The predicted octanol–water partition coefficient (Wildman–Crippen LogP) is 5.03. The molecule has 2 nitrogen and oxygen atoms in total. The number of carbonyl (C=O) groups excluding carboxylic acids is 1. The van der Waals surface area contributed by atoms with Gasteiger partial charge in [0, 0.05) is 10.0 Å². The molecular formula is C15H11BrF3NO. The standard InChI is InChI=1S/C15H11BrF3NO/c1-9-3-2-4-10(7-9)14(21)20-13-8-11(15(17,18)19)5-6-12(13)16/h2-8H,1H3,(H,20,21). The summed E-state index contributed by atoms with van der Waals surface area (Å²) >= 11 is 3.13. The van der Waals surface area contributed by atoms with Crippen LogP contribution in [0.4, 0.5) is 18.9 Å². The number of amides is 1. The van der Waals surface area contributed by atoms with E-state index in [9.17, 15) is 18.0 Å². The number of halogens is 4. The maximum Gasteiger partial charge on any atom is 0.416 e. The Morgan fingerprint density at radius 3 is 2.48 bits per heavy atom. The second kappa shape index (κ2) is 5.89. The molecule has 0 aliphatic heterocycles. The molecule has 0 spiro atoms. The summed E-state index contributed by atoms with van der Waals surface area (Å²) in [7, 11) is 0. The van der Waals surface area contributed by atoms with Gasteiger partial charge in [-0.3, -0.25) is 4.79 Å². The lowest BCUT2D eigenvalue weighted by Crippen LogP contribution is -2.13. The van der Waals surface area contributed by atoms with Crippen LogP contribution in [0.1, 0.15) is 21.5 Å². The number of carbonyl (C=O) groups is 1. The molecule has 2 aromatic rings. The van der Waals surface area contributed by atoms with Crippen molar-refractivity contribution in [1.82, 2.24) is 0 Å². The average molecular weight is 358 g/mol. The van der Waals surface area contributed by atoms with Crippen LogP contribution in [0.25, 0.3) is 0 Å². The highest BCUT2D eigenvalue weighted by molar-refractivity contribution is 9.10. The number of alkyl halides is 3. The van der Waals surface area contributed by atoms with Crippen LogP contribution < -0.4 is 5.32 Å². The lowest BCUT2D eigenvalue weighted by atomic mass is 10.1. The zero-order valence-corrected chi connectivity index (χ0v) is 12.5. The fourth-order valence-corrected chi connectivity index (χ4v) is 2.12. The van der Waals surface area contributed by atoms with Crippen LogP contribution >= 0.6 is 15.9 Å². The van der Waals surface area contributed by atoms with Gasteiger partial charge in [-0.05, 0) is 53.2 Å². The summed E-state index contributed by atoms with van der Waals surface area (Å²) in [5.74, 6) is -0.460. The Morgan fingerprint density at radius 1 is 1.14 bits per heavy atom. The molecule has 2 rings (SSSR count). The van der Waals surface area contributed by atoms with E-state index in [-0.39, 0.29) is 5.69 Å². The van der Waals surface area contributed by atoms with Gasteiger partial charge in [-0.2, -0.15) is 13.2 Å². The van der Waals surface area contributed by atoms with E-state index in [1.807, 2.05) is 13.0 Å². The molecule has 0 saturated heterocycles. The summed E-state index contributed by atoms with van der Waals surface area (Å²) in [5.41, 5.74) is 0.548. The third kappa shape index (κ3) is 3.85. The van der Waals surface area contributed by atoms with Crippen molar-refractivity contribution in [3.63, 3.8) is 0 Å². The van der Waals surface area contributed by atoms with Crippen molar-refractivity contribution in [3.05, 3.63) is 63.6 Å². The van der Waals surface area contributed by atoms with Crippen molar-refractivity contribution in [2.75, 3.05) is 5.32 Å². The Hall–Kier alpha value is -1.82. The fourth-order valence-electron chi connectivity index (χ4n) is 1.78. The minimum atomic E-state index is -4.45. The van der Waals surface area contributed by atoms with E-state index in [1.54, 1.807) is 18.2 Å². The lowest BCUT2D eigenvalue weighted by molar-refractivity contribution is -0.137. The zero-order valence-electron chi connectivity index (χ0n) is 11.0. The molecule has 2 aromatic carbocycles. The van der Waals surface area contributed by atoms with Gasteiger partial charge in [0.05, 0.1) is 11.3 Å². The van der Waals surface area contributed by atoms with Crippen molar-refractivity contribution in [2.24, 2.45) is 0 Å². The monoisotopic (exact) mass is 357 g/mol. The summed E-state index contributed by atoms with van der Waals surface area (Å²) in [5, 5.41) is 2.48. The number of hydrogen-bond acceptors (Lipinski definition) is 1. The van der Waals surface area contributed by atoms with Gasteiger partial charge in [-0.25, -0.2) is 0 Å². The highest BCUT2D eigenvalue weighted by Crippen LogP contribution is 2.34. The first-order chi connectivity index (χ1) is 9.77. The van der Waals surface area contributed by atoms with Crippen LogP contribution in [-0.4, -0.2) is 5.91 Å². The highest BCUT2D eigenvalue weighted by Gasteiger charge is 2.31. The molecule has 0 atom stereocenters. The van der Waals surface area contributed by atoms with Gasteiger partial charge in [0.25, 0.3) is 5.91 Å². The Bertz CT molecular complexity index is 683. The van der Waals surface area contributed by atoms with E-state index in [0.29, 0.717) is 10.0 Å². The van der Waals surface area contributed by atoms with Crippen LogP contribution in [0, 0.1) is 6.92 Å². The van der Waals surface area contributed by atoms with Gasteiger partial charge in [0.1, 0.15) is 0 Å². The van der Waals surface area contributed by atoms with E-state index in [2.05, 4.69) is 21.2 Å². The molecule has 0 saturated carbocycles. The van der Waals surface area contributed by atoms with Gasteiger partial charge >= 0.3 is 6.18 Å². The summed E-state index contributed by atoms with van der Waals surface area (Å²) in [6, 6.07) is 9.92. The SMILES string of the molecule is Cc1cccc(C(=O)Nc2cc(C(F)(F)F)ccc2Br)c1. The van der Waals surface area contributed by atoms with E-state index in [0.717, 1.165) is 17.7 Å². The molecule has 0 fully saturated rings. The molecule has 1 amide bonds. The van der Waals surface area contributed by atoms with Crippen molar-refractivity contribution in [2.45, 2.75) is 13.1 Å². The third-order valence-electron chi connectivity index (χ3n) is 2.82. The van der Waals surface area contributed by atoms with Crippen molar-refractivity contribution in [3.8, 4) is 0 Å². The molecule has 0 radical (unpaired) electrons. The van der Waals surface area contributed by atoms with E-state index in [1.165, 1.54) is 6.07 Å². The molecule has 0 aromatic heterocycles. The summed E-state index contributed by atoms with van der Waals surface area (Å²) in [6.45, 7) is 1.83. The minimum Gasteiger partial charge on any atom is -0.321 e. The Kier molecular flexibility index (Phi) is 4.37. The summed E-state index contributed by atoms with van der Waals surface area (Å²) in [6.07, 6.45) is -4.45. The van der Waals surface area contributed by atoms with Crippen molar-refractivity contribution in [1.29, 1.82) is 0 Å². The number of anilines is 1. The van der Waals surface area contributed by atoms with E-state index < -0.39 is 17.6 Å². The molecule has 0 bridgehead atoms. The van der Waals surface area contributed by atoms with Gasteiger partial charge in [-0.1, -0.05) is 17.7 Å². The molecule has 0 aliphatic carbocycles. The second-order valence-electron chi connectivity index (χ2n) is 4.52. The largest absolute Gasteiger partial charge is 0.416 e. The van der Waals surface area contributed by atoms with E-state index in [4.69, 9.17) is 0 Å². The van der Waals surface area contributed by atoms with Gasteiger partial charge < -0.3 is 5.32 Å². The molecule has 21 heavy (non-hydrogen) atoms. The highest BCUT2D eigenvalue weighted by atomic mass is 79.9. The van der Waals surface area contributed by atoms with Crippen LogP contribution in [0.3, 0.4) is 0 Å². The Morgan fingerprint density at radius 2 is 1.86 bits per heavy atom. The number of hydrogen-bond donors (Lipinski definition) is 1. The average Bonchev–Trinajstić information content (AvgIpc) is 2.40. The van der Waals surface area contributed by atoms with E-state index >= 15 is 0 Å². The van der Waals surface area contributed by atoms with Crippen LogP contribution in [0.5, 0.6) is 0 Å². The predicted molar refractivity (Wildman–Crippen MR) is 78.3 cm³/mol. The van der Waals surface area contributed by atoms with Crippen molar-refractivity contribution >= 4 is 27.5 Å². The third-order valence-corrected chi connectivity index (χ3v) is 3.51. The van der Waals surface area contributed by atoms with Crippen molar-refractivity contribution < 1.29 is 18.0 Å². The smallest absolute Gasteiger partial charge is 0.321 e. The normalized spacial score (nSPS) is 11.3. The fraction of sp³-hybridized carbons (Fsp3) is 0.133. The maximum absolute atomic E-state index is 12.7. The molecule has 110 valence electrons. The summed E-state index contributed by atoms with van der Waals surface area (Å²) in [4.78, 5) is 12.1. The quantitative estimate of drug-likeness (QED) is 0.802. The first-order valence-electron chi connectivity index (χ1n) is 6.02. The molecule has 0 aliphatic rings. The first-order valence-corrected chi connectivity index (χ1v) is 6.81. The van der Waals surface area contributed by atoms with Crippen LogP contribution in [0.2, 0.25) is 0 Å². The molecule has 1 N–H and O–H groups in total. The van der Waals surface area contributed by atoms with Gasteiger partial charge in [-0.15, -0.1) is 0 Å². The molecule has 0 unspecified atom stereocenters. The first kappa shape index (κ1) is 15.6. The number of aryl methyl sites for hydroxylation is 1. The lowest BCUT2D eigenvalue weighted by Gasteiger charge is -2.12. The van der Waals surface area contributed by atoms with Crippen LogP contribution in [-0.2, 0) is 6.18 Å². The molecular weight excluding hydrogens is 347 g/mol. The number of benzene rings is 2. The topological polar surface area (TPSA) is 29.1 Å². The summed E-state index contributed by atoms with van der Waals surface area (Å²) < 4.78 is 38.4. The van der Waals surface area contributed by atoms with Gasteiger partial charge in [0.2, 0.25) is 0 Å². The number of rotatable bonds is 2. The molecule has 0 heterocycles. The number of nitrogens with one attached hydrogen (secondary N) is 1. The minimum absolute atomic E-state index is 0.0799. The molecule has 6 heteroatoms. The Labute approximate surface area is 128 Å². The van der Waals surface area contributed by atoms with Crippen LogP contribution in [0.15, 0.2) is 46.9 Å². The zero-order chi connectivity index (χ0) is 15.6. The maximum atomic E-state index is 12.7.